The van der Waals surface area contributed by atoms with Crippen molar-refractivity contribution >= 4 is 21.5 Å². The lowest BCUT2D eigenvalue weighted by atomic mass is 9.81. The number of hydrogen-bond acceptors (Lipinski definition) is 2. The van der Waals surface area contributed by atoms with Gasteiger partial charge in [0.2, 0.25) is 0 Å². The highest BCUT2D eigenvalue weighted by Crippen LogP contribution is 2.54. The highest BCUT2D eigenvalue weighted by molar-refractivity contribution is 6.01. The monoisotopic (exact) mass is 676 g/mol. The summed E-state index contributed by atoms with van der Waals surface area (Å²) in [6.45, 7) is 4.72. The van der Waals surface area contributed by atoms with Crippen LogP contribution in [0.25, 0.3) is 88.8 Å². The average Bonchev–Trinajstić information content (AvgIpc) is 3.45. The Morgan fingerprint density at radius 3 is 1.75 bits per heavy atom. The molecular formula is C51H36N2. The van der Waals surface area contributed by atoms with Gasteiger partial charge >= 0.3 is 0 Å². The van der Waals surface area contributed by atoms with Crippen molar-refractivity contribution in [1.82, 2.24) is 9.97 Å². The standard InChI is InChI=1S/C51H36N2/c1-51(2)45-25-13-24-43(49(45)44-30-37-17-6-7-18-38(37)31-46(44)51)41-21-10-11-22-42(41)48-32-47(52-50(53-48)36-15-4-3-5-16-36)35-28-26-34(27-29-35)40-23-12-19-33-14-8-9-20-39(33)40/h3-32H,1-2H3. The molecule has 1 aliphatic rings. The summed E-state index contributed by atoms with van der Waals surface area (Å²) in [5, 5.41) is 5.03. The molecule has 1 aromatic heterocycles. The van der Waals surface area contributed by atoms with Crippen molar-refractivity contribution < 1.29 is 0 Å². The number of nitrogens with zero attached hydrogens (tertiary/aromatic N) is 2. The first-order valence-corrected chi connectivity index (χ1v) is 18.3. The van der Waals surface area contributed by atoms with E-state index >= 15 is 0 Å². The number of benzene rings is 8. The smallest absolute Gasteiger partial charge is 0.160 e. The Morgan fingerprint density at radius 1 is 0.358 bits per heavy atom. The van der Waals surface area contributed by atoms with E-state index in [2.05, 4.69) is 178 Å². The molecule has 0 saturated carbocycles. The molecule has 0 atom stereocenters. The van der Waals surface area contributed by atoms with Crippen LogP contribution in [-0.2, 0) is 5.41 Å². The van der Waals surface area contributed by atoms with Crippen LogP contribution < -0.4 is 0 Å². The van der Waals surface area contributed by atoms with Gasteiger partial charge < -0.3 is 0 Å². The fourth-order valence-corrected chi connectivity index (χ4v) is 8.39. The largest absolute Gasteiger partial charge is 0.228 e. The molecule has 1 heterocycles. The number of hydrogen-bond donors (Lipinski definition) is 0. The van der Waals surface area contributed by atoms with E-state index in [1.807, 2.05) is 18.2 Å². The van der Waals surface area contributed by atoms with Crippen LogP contribution in [-0.4, -0.2) is 9.97 Å². The third-order valence-electron chi connectivity index (χ3n) is 11.1. The van der Waals surface area contributed by atoms with Crippen molar-refractivity contribution in [3.8, 4) is 67.3 Å². The first-order valence-electron chi connectivity index (χ1n) is 18.3. The predicted molar refractivity (Wildman–Crippen MR) is 222 cm³/mol. The Morgan fingerprint density at radius 2 is 0.943 bits per heavy atom. The van der Waals surface area contributed by atoms with Crippen LogP contribution in [0.2, 0.25) is 0 Å². The molecule has 0 aliphatic heterocycles. The van der Waals surface area contributed by atoms with E-state index in [9.17, 15) is 0 Å². The van der Waals surface area contributed by atoms with Crippen LogP contribution >= 0.6 is 0 Å². The van der Waals surface area contributed by atoms with Gasteiger partial charge in [-0.05, 0) is 84.3 Å². The van der Waals surface area contributed by atoms with Gasteiger partial charge in [-0.25, -0.2) is 9.97 Å². The summed E-state index contributed by atoms with van der Waals surface area (Å²) in [5.41, 5.74) is 14.9. The lowest BCUT2D eigenvalue weighted by molar-refractivity contribution is 0.661. The van der Waals surface area contributed by atoms with Crippen LogP contribution in [0.4, 0.5) is 0 Å². The number of fused-ring (bicyclic) bond motifs is 5. The highest BCUT2D eigenvalue weighted by atomic mass is 14.9. The molecule has 0 saturated heterocycles. The van der Waals surface area contributed by atoms with Gasteiger partial charge in [0.15, 0.2) is 5.82 Å². The third-order valence-corrected chi connectivity index (χ3v) is 11.1. The molecule has 9 aromatic rings. The summed E-state index contributed by atoms with van der Waals surface area (Å²) in [6, 6.07) is 65.4. The second-order valence-corrected chi connectivity index (χ2v) is 14.6. The SMILES string of the molecule is CC1(C)c2cc3ccccc3cc2-c2c(-c3ccccc3-c3cc(-c4ccc(-c5cccc6ccccc56)cc4)nc(-c4ccccc4)n3)cccc21. The molecule has 1 aliphatic carbocycles. The van der Waals surface area contributed by atoms with E-state index in [1.54, 1.807) is 0 Å². The zero-order chi connectivity index (χ0) is 35.5. The van der Waals surface area contributed by atoms with Gasteiger partial charge in [-0.3, -0.25) is 0 Å². The summed E-state index contributed by atoms with van der Waals surface area (Å²) >= 11 is 0. The summed E-state index contributed by atoms with van der Waals surface area (Å²) in [7, 11) is 0. The van der Waals surface area contributed by atoms with Crippen LogP contribution in [0.15, 0.2) is 182 Å². The van der Waals surface area contributed by atoms with Gasteiger partial charge in [0.05, 0.1) is 11.4 Å². The Hall–Kier alpha value is -6.64. The molecular weight excluding hydrogens is 641 g/mol. The molecule has 2 nitrogen and oxygen atoms in total. The number of aromatic nitrogens is 2. The first-order chi connectivity index (χ1) is 26.0. The number of rotatable bonds is 5. The Balaban J connectivity index is 1.14. The van der Waals surface area contributed by atoms with E-state index in [0.717, 1.165) is 33.6 Å². The lowest BCUT2D eigenvalue weighted by Crippen LogP contribution is -2.14. The van der Waals surface area contributed by atoms with E-state index in [1.165, 1.54) is 60.5 Å². The van der Waals surface area contributed by atoms with Crippen molar-refractivity contribution in [2.45, 2.75) is 19.3 Å². The van der Waals surface area contributed by atoms with Crippen molar-refractivity contribution in [1.29, 1.82) is 0 Å². The highest BCUT2D eigenvalue weighted by Gasteiger charge is 2.37. The van der Waals surface area contributed by atoms with Crippen LogP contribution in [0.3, 0.4) is 0 Å². The normalized spacial score (nSPS) is 12.9. The maximum atomic E-state index is 5.28. The van der Waals surface area contributed by atoms with Gasteiger partial charge in [0, 0.05) is 22.1 Å². The lowest BCUT2D eigenvalue weighted by Gasteiger charge is -2.22. The molecule has 0 N–H and O–H groups in total. The second kappa shape index (κ2) is 12.3. The van der Waals surface area contributed by atoms with Crippen molar-refractivity contribution in [2.24, 2.45) is 0 Å². The molecule has 0 spiro atoms. The minimum absolute atomic E-state index is 0.125. The zero-order valence-corrected chi connectivity index (χ0v) is 29.7. The quantitative estimate of drug-likeness (QED) is 0.181. The fourth-order valence-electron chi connectivity index (χ4n) is 8.39. The van der Waals surface area contributed by atoms with E-state index in [0.29, 0.717) is 5.82 Å². The van der Waals surface area contributed by atoms with Crippen molar-refractivity contribution in [3.63, 3.8) is 0 Å². The minimum atomic E-state index is -0.125. The van der Waals surface area contributed by atoms with Crippen LogP contribution in [0.1, 0.15) is 25.0 Å². The summed E-state index contributed by atoms with van der Waals surface area (Å²) in [5.74, 6) is 0.710. The maximum absolute atomic E-state index is 5.28. The average molecular weight is 677 g/mol. The topological polar surface area (TPSA) is 25.8 Å². The van der Waals surface area contributed by atoms with E-state index < -0.39 is 0 Å². The molecule has 10 rings (SSSR count). The van der Waals surface area contributed by atoms with Gasteiger partial charge in [-0.1, -0.05) is 178 Å². The van der Waals surface area contributed by atoms with Gasteiger partial charge in [0.25, 0.3) is 0 Å². The Labute approximate surface area is 310 Å². The van der Waals surface area contributed by atoms with Gasteiger partial charge in [-0.15, -0.1) is 0 Å². The molecule has 250 valence electrons. The maximum Gasteiger partial charge on any atom is 0.160 e. The fraction of sp³-hybridized carbons (Fsp3) is 0.0588. The molecule has 53 heavy (non-hydrogen) atoms. The van der Waals surface area contributed by atoms with Crippen molar-refractivity contribution in [2.75, 3.05) is 0 Å². The molecule has 8 aromatic carbocycles. The minimum Gasteiger partial charge on any atom is -0.228 e. The second-order valence-electron chi connectivity index (χ2n) is 14.6. The van der Waals surface area contributed by atoms with E-state index in [4.69, 9.17) is 9.97 Å². The van der Waals surface area contributed by atoms with Gasteiger partial charge in [-0.2, -0.15) is 0 Å². The molecule has 0 fully saturated rings. The predicted octanol–water partition coefficient (Wildman–Crippen LogP) is 13.4. The summed E-state index contributed by atoms with van der Waals surface area (Å²) in [4.78, 5) is 10.5. The summed E-state index contributed by atoms with van der Waals surface area (Å²) < 4.78 is 0. The first kappa shape index (κ1) is 31.1. The molecule has 0 unspecified atom stereocenters. The van der Waals surface area contributed by atoms with Crippen molar-refractivity contribution in [3.05, 3.63) is 193 Å². The van der Waals surface area contributed by atoms with E-state index in [-0.39, 0.29) is 5.41 Å². The molecule has 0 amide bonds. The molecule has 0 bridgehead atoms. The Kier molecular flexibility index (Phi) is 7.19. The molecule has 0 radical (unpaired) electrons. The van der Waals surface area contributed by atoms with Gasteiger partial charge in [0.1, 0.15) is 0 Å². The molecule has 2 heteroatoms. The van der Waals surface area contributed by atoms with Crippen LogP contribution in [0, 0.1) is 0 Å². The van der Waals surface area contributed by atoms with Crippen LogP contribution in [0.5, 0.6) is 0 Å². The Bertz CT molecular complexity index is 2840. The third kappa shape index (κ3) is 5.18. The zero-order valence-electron chi connectivity index (χ0n) is 29.7. The summed E-state index contributed by atoms with van der Waals surface area (Å²) in [6.07, 6.45) is 0.